The van der Waals surface area contributed by atoms with Crippen LogP contribution in [-0.4, -0.2) is 36.0 Å². The summed E-state index contributed by atoms with van der Waals surface area (Å²) >= 11 is 6.37. The molecule has 1 amide bonds. The summed E-state index contributed by atoms with van der Waals surface area (Å²) < 4.78 is 10.3. The molecule has 0 saturated heterocycles. The van der Waals surface area contributed by atoms with E-state index in [9.17, 15) is 14.4 Å². The first kappa shape index (κ1) is 23.0. The number of benzene rings is 2. The Bertz CT molecular complexity index is 1190. The van der Waals surface area contributed by atoms with E-state index in [1.54, 1.807) is 50.2 Å². The van der Waals surface area contributed by atoms with Crippen molar-refractivity contribution in [3.63, 3.8) is 0 Å². The van der Waals surface area contributed by atoms with Gasteiger partial charge in [-0.25, -0.2) is 9.59 Å². The molecule has 0 unspecified atom stereocenters. The molecule has 0 saturated carbocycles. The van der Waals surface area contributed by atoms with Crippen molar-refractivity contribution in [2.75, 3.05) is 23.8 Å². The second-order valence-electron chi connectivity index (χ2n) is 6.72. The Kier molecular flexibility index (Phi) is 7.27. The van der Waals surface area contributed by atoms with Gasteiger partial charge in [0.25, 0.3) is 0 Å². The van der Waals surface area contributed by atoms with E-state index in [1.165, 1.54) is 13.1 Å². The van der Waals surface area contributed by atoms with Gasteiger partial charge in [0.05, 0.1) is 40.7 Å². The third kappa shape index (κ3) is 5.15. The fourth-order valence-corrected chi connectivity index (χ4v) is 3.23. The van der Waals surface area contributed by atoms with Gasteiger partial charge < -0.3 is 20.1 Å². The molecule has 0 spiro atoms. The second-order valence-corrected chi connectivity index (χ2v) is 7.13. The predicted molar refractivity (Wildman–Crippen MR) is 123 cm³/mol. The Labute approximate surface area is 189 Å². The van der Waals surface area contributed by atoms with Crippen LogP contribution in [0.2, 0.25) is 5.02 Å². The topological polar surface area (TPSA) is 107 Å². The first-order valence-electron chi connectivity index (χ1n) is 9.95. The lowest BCUT2D eigenvalue weighted by Gasteiger charge is -2.16. The lowest BCUT2D eigenvalue weighted by atomic mass is 10.1. The molecule has 2 N–H and O–H groups in total. The van der Waals surface area contributed by atoms with Crippen LogP contribution in [-0.2, 0) is 14.3 Å². The number of ether oxygens (including phenoxy) is 2. The Morgan fingerprint density at radius 2 is 1.72 bits per heavy atom. The summed E-state index contributed by atoms with van der Waals surface area (Å²) in [6, 6.07) is 9.77. The van der Waals surface area contributed by atoms with Crippen LogP contribution in [0, 0.1) is 0 Å². The first-order valence-corrected chi connectivity index (χ1v) is 10.3. The van der Waals surface area contributed by atoms with Crippen molar-refractivity contribution < 1.29 is 23.9 Å². The molecule has 0 aliphatic carbocycles. The number of carbonyl (C=O) groups excluding carboxylic acids is 3. The predicted octanol–water partition coefficient (Wildman–Crippen LogP) is 4.94. The van der Waals surface area contributed by atoms with Crippen molar-refractivity contribution in [1.29, 1.82) is 0 Å². The van der Waals surface area contributed by atoms with Crippen molar-refractivity contribution in [3.8, 4) is 0 Å². The van der Waals surface area contributed by atoms with Gasteiger partial charge in [-0.3, -0.25) is 9.78 Å². The Balaban J connectivity index is 2.18. The third-order valence-electron chi connectivity index (χ3n) is 4.42. The van der Waals surface area contributed by atoms with E-state index < -0.39 is 11.9 Å². The number of amides is 1. The van der Waals surface area contributed by atoms with Gasteiger partial charge in [-0.15, -0.1) is 0 Å². The number of rotatable bonds is 7. The fraction of sp³-hybridized carbons (Fsp3) is 0.217. The zero-order valence-corrected chi connectivity index (χ0v) is 18.6. The van der Waals surface area contributed by atoms with Gasteiger partial charge >= 0.3 is 11.9 Å². The molecule has 0 fully saturated rings. The number of aromatic nitrogens is 1. The van der Waals surface area contributed by atoms with Crippen LogP contribution in [0.15, 0.2) is 42.6 Å². The van der Waals surface area contributed by atoms with Crippen molar-refractivity contribution in [2.24, 2.45) is 0 Å². The molecule has 1 aromatic heterocycles. The maximum Gasteiger partial charge on any atom is 0.341 e. The van der Waals surface area contributed by atoms with Crippen molar-refractivity contribution in [3.05, 3.63) is 58.7 Å². The number of fused-ring (bicyclic) bond motifs is 1. The highest BCUT2D eigenvalue weighted by atomic mass is 35.5. The quantitative estimate of drug-likeness (QED) is 0.485. The number of hydrogen-bond donors (Lipinski definition) is 2. The van der Waals surface area contributed by atoms with Crippen LogP contribution in [0.1, 0.15) is 41.5 Å². The normalized spacial score (nSPS) is 10.5. The number of nitrogens with zero attached hydrogens (tertiary/aromatic N) is 1. The highest BCUT2D eigenvalue weighted by Crippen LogP contribution is 2.34. The summed E-state index contributed by atoms with van der Waals surface area (Å²) in [6.07, 6.45) is 1.40. The molecule has 0 radical (unpaired) electrons. The van der Waals surface area contributed by atoms with Gasteiger partial charge in [0.2, 0.25) is 5.91 Å². The molecule has 0 aliphatic rings. The van der Waals surface area contributed by atoms with Gasteiger partial charge in [-0.1, -0.05) is 11.6 Å². The molecule has 0 bridgehead atoms. The number of pyridine rings is 1. The summed E-state index contributed by atoms with van der Waals surface area (Å²) in [5.74, 6) is -1.31. The molecule has 1 heterocycles. The molecular formula is C23H22ClN3O5. The highest BCUT2D eigenvalue weighted by molar-refractivity contribution is 6.33. The smallest absolute Gasteiger partial charge is 0.341 e. The van der Waals surface area contributed by atoms with E-state index in [0.29, 0.717) is 38.6 Å². The zero-order chi connectivity index (χ0) is 23.3. The molecule has 166 valence electrons. The lowest BCUT2D eigenvalue weighted by molar-refractivity contribution is -0.114. The van der Waals surface area contributed by atoms with E-state index in [1.807, 2.05) is 0 Å². The van der Waals surface area contributed by atoms with E-state index in [-0.39, 0.29) is 24.7 Å². The first-order chi connectivity index (χ1) is 15.3. The van der Waals surface area contributed by atoms with Crippen molar-refractivity contribution in [2.45, 2.75) is 20.8 Å². The van der Waals surface area contributed by atoms with Crippen LogP contribution < -0.4 is 10.6 Å². The van der Waals surface area contributed by atoms with E-state index in [4.69, 9.17) is 21.1 Å². The van der Waals surface area contributed by atoms with Gasteiger partial charge in [0.1, 0.15) is 5.56 Å². The van der Waals surface area contributed by atoms with Gasteiger partial charge in [-0.2, -0.15) is 0 Å². The maximum atomic E-state index is 12.6. The highest BCUT2D eigenvalue weighted by Gasteiger charge is 2.19. The van der Waals surface area contributed by atoms with E-state index in [0.717, 1.165) is 0 Å². The van der Waals surface area contributed by atoms with Gasteiger partial charge in [-0.05, 0) is 50.2 Å². The molecular weight excluding hydrogens is 434 g/mol. The maximum absolute atomic E-state index is 12.6. The summed E-state index contributed by atoms with van der Waals surface area (Å²) in [7, 11) is 0. The minimum Gasteiger partial charge on any atom is -0.462 e. The average Bonchev–Trinajstić information content (AvgIpc) is 2.75. The van der Waals surface area contributed by atoms with Crippen LogP contribution in [0.4, 0.5) is 17.1 Å². The van der Waals surface area contributed by atoms with Gasteiger partial charge in [0, 0.05) is 24.2 Å². The fourth-order valence-electron chi connectivity index (χ4n) is 3.07. The molecule has 0 atom stereocenters. The van der Waals surface area contributed by atoms with Crippen LogP contribution in [0.3, 0.4) is 0 Å². The standard InChI is InChI=1S/C23H22ClN3O5/c1-4-31-22(29)14-6-9-19-16(10-14)21(17(12-25-19)23(30)32-5-2)27-20-11-15(26-13(3)28)7-8-18(20)24/h6-12H,4-5H2,1-3H3,(H,25,27)(H,26,28). The van der Waals surface area contributed by atoms with Gasteiger partial charge in [0.15, 0.2) is 0 Å². The Hall–Kier alpha value is -3.65. The van der Waals surface area contributed by atoms with Crippen molar-refractivity contribution in [1.82, 2.24) is 4.98 Å². The molecule has 3 rings (SSSR count). The van der Waals surface area contributed by atoms with E-state index in [2.05, 4.69) is 15.6 Å². The number of halogens is 1. The molecule has 2 aromatic carbocycles. The van der Waals surface area contributed by atoms with Crippen LogP contribution >= 0.6 is 11.6 Å². The minimum atomic E-state index is -0.583. The van der Waals surface area contributed by atoms with Crippen LogP contribution in [0.25, 0.3) is 10.9 Å². The molecule has 8 nitrogen and oxygen atoms in total. The third-order valence-corrected chi connectivity index (χ3v) is 4.75. The average molecular weight is 456 g/mol. The molecule has 9 heteroatoms. The minimum absolute atomic E-state index is 0.168. The number of nitrogens with one attached hydrogen (secondary N) is 2. The summed E-state index contributed by atoms with van der Waals surface area (Å²) in [5, 5.41) is 6.71. The summed E-state index contributed by atoms with van der Waals surface area (Å²) in [5.41, 5.74) is 2.35. The molecule has 0 aliphatic heterocycles. The number of anilines is 3. The monoisotopic (exact) mass is 455 g/mol. The van der Waals surface area contributed by atoms with Crippen molar-refractivity contribution >= 4 is 57.4 Å². The summed E-state index contributed by atoms with van der Waals surface area (Å²) in [6.45, 7) is 5.23. The zero-order valence-electron chi connectivity index (χ0n) is 17.8. The second kappa shape index (κ2) is 10.1. The number of esters is 2. The van der Waals surface area contributed by atoms with Crippen LogP contribution in [0.5, 0.6) is 0 Å². The molecule has 3 aromatic rings. The Morgan fingerprint density at radius 1 is 1.00 bits per heavy atom. The number of hydrogen-bond acceptors (Lipinski definition) is 7. The van der Waals surface area contributed by atoms with E-state index >= 15 is 0 Å². The number of carbonyl (C=O) groups is 3. The largest absolute Gasteiger partial charge is 0.462 e. The summed E-state index contributed by atoms with van der Waals surface area (Å²) in [4.78, 5) is 40.7. The Morgan fingerprint density at radius 3 is 2.41 bits per heavy atom. The SMILES string of the molecule is CCOC(=O)c1ccc2ncc(C(=O)OCC)c(Nc3cc(NC(C)=O)ccc3Cl)c2c1. The lowest BCUT2D eigenvalue weighted by Crippen LogP contribution is -2.11. The molecule has 32 heavy (non-hydrogen) atoms.